The predicted molar refractivity (Wildman–Crippen MR) is 73.8 cm³/mol. The van der Waals surface area contributed by atoms with E-state index in [2.05, 4.69) is 5.32 Å². The Balaban J connectivity index is 1.86. The van der Waals surface area contributed by atoms with Crippen molar-refractivity contribution in [2.75, 3.05) is 25.4 Å². The van der Waals surface area contributed by atoms with Gasteiger partial charge in [0.2, 0.25) is 11.8 Å². The van der Waals surface area contributed by atoms with Crippen LogP contribution in [0.4, 0.5) is 0 Å². The Labute approximate surface area is 116 Å². The van der Waals surface area contributed by atoms with Gasteiger partial charge < -0.3 is 14.6 Å². The van der Waals surface area contributed by atoms with Crippen molar-refractivity contribution >= 4 is 23.6 Å². The summed E-state index contributed by atoms with van der Waals surface area (Å²) in [5, 5.41) is 2.86. The number of furan rings is 1. The number of nitrogens with one attached hydrogen (secondary N) is 1. The number of carbonyl (C=O) groups excluding carboxylic acids is 2. The highest BCUT2D eigenvalue weighted by molar-refractivity contribution is 7.99. The summed E-state index contributed by atoms with van der Waals surface area (Å²) in [5.41, 5.74) is 0. The molecule has 1 N–H and O–H groups in total. The Morgan fingerprint density at radius 1 is 1.53 bits per heavy atom. The normalized spacial score (nSPS) is 19.8. The first-order chi connectivity index (χ1) is 9.16. The smallest absolute Gasteiger partial charge is 0.241 e. The molecular formula is C13H18N2O3S. The molecule has 0 radical (unpaired) electrons. The van der Waals surface area contributed by atoms with Crippen molar-refractivity contribution < 1.29 is 14.0 Å². The molecule has 2 heterocycles. The largest absolute Gasteiger partial charge is 0.468 e. The first kappa shape index (κ1) is 14.0. The van der Waals surface area contributed by atoms with Crippen LogP contribution in [0.1, 0.15) is 24.4 Å². The molecule has 5 nitrogen and oxygen atoms in total. The van der Waals surface area contributed by atoms with Crippen LogP contribution in [0.15, 0.2) is 22.8 Å². The Kier molecular flexibility index (Phi) is 4.90. The van der Waals surface area contributed by atoms with Crippen molar-refractivity contribution in [3.8, 4) is 0 Å². The van der Waals surface area contributed by atoms with Gasteiger partial charge >= 0.3 is 0 Å². The molecule has 0 aromatic carbocycles. The third kappa shape index (κ3) is 4.02. The maximum atomic E-state index is 11.9. The molecule has 1 fully saturated rings. The average Bonchev–Trinajstić information content (AvgIpc) is 2.80. The zero-order chi connectivity index (χ0) is 13.7. The topological polar surface area (TPSA) is 62.6 Å². The lowest BCUT2D eigenvalue weighted by Gasteiger charge is -2.20. The van der Waals surface area contributed by atoms with Crippen LogP contribution in [0.25, 0.3) is 0 Å². The van der Waals surface area contributed by atoms with E-state index in [1.54, 1.807) is 6.26 Å². The molecule has 1 atom stereocenters. The minimum absolute atomic E-state index is 0.0177. The monoisotopic (exact) mass is 282 g/mol. The summed E-state index contributed by atoms with van der Waals surface area (Å²) in [5.74, 6) is 1.67. The highest BCUT2D eigenvalue weighted by Crippen LogP contribution is 2.34. The Hall–Kier alpha value is -1.43. The Morgan fingerprint density at radius 3 is 3.05 bits per heavy atom. The number of amides is 2. The molecule has 0 aliphatic carbocycles. The van der Waals surface area contributed by atoms with Crippen LogP contribution < -0.4 is 5.32 Å². The zero-order valence-corrected chi connectivity index (χ0v) is 11.7. The summed E-state index contributed by atoms with van der Waals surface area (Å²) >= 11 is 1.81. The fourth-order valence-electron chi connectivity index (χ4n) is 2.03. The summed E-state index contributed by atoms with van der Waals surface area (Å²) in [6.45, 7) is 2.93. The van der Waals surface area contributed by atoms with Crippen LogP contribution in [-0.4, -0.2) is 42.1 Å². The van der Waals surface area contributed by atoms with Gasteiger partial charge in [-0.15, -0.1) is 11.8 Å². The lowest BCUT2D eigenvalue weighted by Crippen LogP contribution is -2.40. The van der Waals surface area contributed by atoms with E-state index >= 15 is 0 Å². The fourth-order valence-corrected chi connectivity index (χ4v) is 3.21. The van der Waals surface area contributed by atoms with E-state index in [0.717, 1.165) is 24.5 Å². The third-order valence-corrected chi connectivity index (χ3v) is 4.33. The molecule has 1 aliphatic rings. The van der Waals surface area contributed by atoms with Crippen molar-refractivity contribution in [3.05, 3.63) is 24.2 Å². The number of nitrogens with zero attached hydrogens (tertiary/aromatic N) is 1. The van der Waals surface area contributed by atoms with Crippen LogP contribution >= 0.6 is 11.8 Å². The minimum atomic E-state index is -0.175. The van der Waals surface area contributed by atoms with E-state index in [1.807, 2.05) is 28.8 Å². The van der Waals surface area contributed by atoms with Gasteiger partial charge in [-0.2, -0.15) is 0 Å². The second kappa shape index (κ2) is 6.65. The molecule has 1 saturated heterocycles. The van der Waals surface area contributed by atoms with Crippen LogP contribution in [0.3, 0.4) is 0 Å². The number of hydrogen-bond acceptors (Lipinski definition) is 4. The molecular weight excluding hydrogens is 264 g/mol. The quantitative estimate of drug-likeness (QED) is 0.911. The van der Waals surface area contributed by atoms with Crippen LogP contribution in [-0.2, 0) is 9.59 Å². The summed E-state index contributed by atoms with van der Waals surface area (Å²) in [6.07, 6.45) is 2.56. The SMILES string of the molecule is CC(=O)NCC(=O)N1CCSC(c2ccco2)CC1. The molecule has 1 aromatic heterocycles. The molecule has 1 aromatic rings. The van der Waals surface area contributed by atoms with Crippen LogP contribution in [0.5, 0.6) is 0 Å². The summed E-state index contributed by atoms with van der Waals surface area (Å²) in [7, 11) is 0. The molecule has 2 rings (SSSR count). The van der Waals surface area contributed by atoms with Gasteiger partial charge in [-0.05, 0) is 18.6 Å². The molecule has 0 saturated carbocycles. The number of thioether (sulfide) groups is 1. The predicted octanol–water partition coefficient (Wildman–Crippen LogP) is 1.42. The van der Waals surface area contributed by atoms with Crippen LogP contribution in [0, 0.1) is 0 Å². The van der Waals surface area contributed by atoms with Crippen molar-refractivity contribution in [2.45, 2.75) is 18.6 Å². The molecule has 0 spiro atoms. The third-order valence-electron chi connectivity index (χ3n) is 3.04. The van der Waals surface area contributed by atoms with E-state index in [4.69, 9.17) is 4.42 Å². The van der Waals surface area contributed by atoms with E-state index in [1.165, 1.54) is 6.92 Å². The van der Waals surface area contributed by atoms with E-state index < -0.39 is 0 Å². The van der Waals surface area contributed by atoms with Crippen molar-refractivity contribution in [3.63, 3.8) is 0 Å². The van der Waals surface area contributed by atoms with Gasteiger partial charge in [-0.25, -0.2) is 0 Å². The minimum Gasteiger partial charge on any atom is -0.468 e. The van der Waals surface area contributed by atoms with Crippen LogP contribution in [0.2, 0.25) is 0 Å². The zero-order valence-electron chi connectivity index (χ0n) is 10.9. The molecule has 6 heteroatoms. The molecule has 104 valence electrons. The molecule has 1 aliphatic heterocycles. The van der Waals surface area contributed by atoms with Gasteiger partial charge in [0.25, 0.3) is 0 Å². The van der Waals surface area contributed by atoms with E-state index in [0.29, 0.717) is 11.8 Å². The second-order valence-corrected chi connectivity index (χ2v) is 5.76. The molecule has 19 heavy (non-hydrogen) atoms. The van der Waals surface area contributed by atoms with Gasteiger partial charge in [-0.3, -0.25) is 9.59 Å². The van der Waals surface area contributed by atoms with Gasteiger partial charge in [0, 0.05) is 25.8 Å². The first-order valence-electron chi connectivity index (χ1n) is 6.34. The second-order valence-electron chi connectivity index (χ2n) is 4.45. The number of hydrogen-bond donors (Lipinski definition) is 1. The lowest BCUT2D eigenvalue weighted by atomic mass is 10.2. The summed E-state index contributed by atoms with van der Waals surface area (Å²) in [4.78, 5) is 24.5. The lowest BCUT2D eigenvalue weighted by molar-refractivity contribution is -0.132. The molecule has 2 amide bonds. The maximum absolute atomic E-state index is 11.9. The summed E-state index contributed by atoms with van der Waals surface area (Å²) < 4.78 is 5.42. The average molecular weight is 282 g/mol. The Morgan fingerprint density at radius 2 is 2.37 bits per heavy atom. The number of carbonyl (C=O) groups is 2. The molecule has 0 bridgehead atoms. The van der Waals surface area contributed by atoms with Gasteiger partial charge in [0.05, 0.1) is 18.1 Å². The summed E-state index contributed by atoms with van der Waals surface area (Å²) in [6, 6.07) is 3.87. The first-order valence-corrected chi connectivity index (χ1v) is 7.39. The van der Waals surface area contributed by atoms with E-state index in [-0.39, 0.29) is 18.4 Å². The maximum Gasteiger partial charge on any atom is 0.241 e. The highest BCUT2D eigenvalue weighted by Gasteiger charge is 2.23. The molecule has 1 unspecified atom stereocenters. The van der Waals surface area contributed by atoms with Crippen molar-refractivity contribution in [1.82, 2.24) is 10.2 Å². The van der Waals surface area contributed by atoms with E-state index in [9.17, 15) is 9.59 Å². The van der Waals surface area contributed by atoms with Gasteiger partial charge in [-0.1, -0.05) is 0 Å². The standard InChI is InChI=1S/C13H18N2O3S/c1-10(16)14-9-13(17)15-5-4-12(19-8-6-15)11-3-2-7-18-11/h2-3,7,12H,4-6,8-9H2,1H3,(H,14,16). The highest BCUT2D eigenvalue weighted by atomic mass is 32.2. The fraction of sp³-hybridized carbons (Fsp3) is 0.538. The Bertz CT molecular complexity index is 433. The van der Waals surface area contributed by atoms with Crippen molar-refractivity contribution in [2.24, 2.45) is 0 Å². The van der Waals surface area contributed by atoms with Gasteiger partial charge in [0.15, 0.2) is 0 Å². The van der Waals surface area contributed by atoms with Gasteiger partial charge in [0.1, 0.15) is 5.76 Å². The van der Waals surface area contributed by atoms with Crippen molar-refractivity contribution in [1.29, 1.82) is 0 Å². The number of rotatable bonds is 3.